The fourth-order valence-corrected chi connectivity index (χ4v) is 8.00. The van der Waals surface area contributed by atoms with Crippen LogP contribution in [-0.2, 0) is 34.4 Å². The minimum absolute atomic E-state index is 0.00132. The molecule has 1 saturated carbocycles. The van der Waals surface area contributed by atoms with Crippen LogP contribution in [0, 0.1) is 5.92 Å². The summed E-state index contributed by atoms with van der Waals surface area (Å²) >= 11 is 6.12. The summed E-state index contributed by atoms with van der Waals surface area (Å²) in [5, 5.41) is 17.5. The molecule has 3 N–H and O–H groups in total. The molecule has 0 saturated heterocycles. The van der Waals surface area contributed by atoms with E-state index in [4.69, 9.17) is 25.4 Å². The standard InChI is InChI=1S/C36H53ClN3O8P/c1-5-46-49(45,47-6-2)35(43)31(20-21-33(41)40(4)23-22-27-14-9-7-10-15-27)38-34(42)32(24-28-16-11-8-12-17-28)39-36(44)48-26(3)29-18-13-19-30(37)25-29/h7,9-10,13-15,18-19,25-26,28,31-32,35,43H,5-6,8,11-12,16-17,20-24H2,1-4H3,(H,38,42)(H,39,44)/t26?,31-,32-,35?/m0/s1. The lowest BCUT2D eigenvalue weighted by Crippen LogP contribution is -2.53. The molecule has 3 amide bonds. The number of rotatable bonds is 19. The highest BCUT2D eigenvalue weighted by Crippen LogP contribution is 2.53. The van der Waals surface area contributed by atoms with Gasteiger partial charge < -0.3 is 34.4 Å². The molecule has 0 heterocycles. The van der Waals surface area contributed by atoms with E-state index >= 15 is 0 Å². The largest absolute Gasteiger partial charge is 0.442 e. The summed E-state index contributed by atoms with van der Waals surface area (Å²) in [5.74, 6) is -2.37. The Morgan fingerprint density at radius 3 is 2.31 bits per heavy atom. The quantitative estimate of drug-likeness (QED) is 0.131. The van der Waals surface area contributed by atoms with E-state index in [1.54, 1.807) is 57.0 Å². The summed E-state index contributed by atoms with van der Waals surface area (Å²) in [6.45, 7) is 5.43. The van der Waals surface area contributed by atoms with Gasteiger partial charge in [-0.05, 0) is 69.2 Å². The Morgan fingerprint density at radius 1 is 1.00 bits per heavy atom. The van der Waals surface area contributed by atoms with E-state index in [9.17, 15) is 24.1 Å². The lowest BCUT2D eigenvalue weighted by molar-refractivity contribution is -0.131. The molecule has 11 nitrogen and oxygen atoms in total. The van der Waals surface area contributed by atoms with Crippen LogP contribution in [0.4, 0.5) is 4.79 Å². The van der Waals surface area contributed by atoms with Gasteiger partial charge in [0, 0.05) is 25.0 Å². The third-order valence-corrected chi connectivity index (χ3v) is 11.3. The summed E-state index contributed by atoms with van der Waals surface area (Å²) in [6, 6.07) is 14.6. The van der Waals surface area contributed by atoms with Crippen molar-refractivity contribution >= 4 is 37.1 Å². The Morgan fingerprint density at radius 2 is 1.67 bits per heavy atom. The number of carbonyl (C=O) groups excluding carboxylic acids is 3. The molecule has 3 rings (SSSR count). The normalized spacial score (nSPS) is 16.2. The van der Waals surface area contributed by atoms with Crippen LogP contribution in [-0.4, -0.2) is 72.6 Å². The van der Waals surface area contributed by atoms with E-state index in [1.807, 2.05) is 30.3 Å². The van der Waals surface area contributed by atoms with Crippen LogP contribution in [0.2, 0.25) is 5.02 Å². The number of carbonyl (C=O) groups is 3. The maximum absolute atomic E-state index is 14.0. The van der Waals surface area contributed by atoms with E-state index in [2.05, 4.69) is 10.6 Å². The Balaban J connectivity index is 1.77. The molecular formula is C36H53ClN3O8P. The van der Waals surface area contributed by atoms with Gasteiger partial charge in [-0.25, -0.2) is 4.79 Å². The van der Waals surface area contributed by atoms with Crippen molar-refractivity contribution in [2.75, 3.05) is 26.8 Å². The van der Waals surface area contributed by atoms with Crippen LogP contribution >= 0.6 is 19.2 Å². The van der Waals surface area contributed by atoms with E-state index in [0.29, 0.717) is 30.0 Å². The molecule has 1 aliphatic rings. The fourth-order valence-electron chi connectivity index (χ4n) is 6.04. The fraction of sp³-hybridized carbons (Fsp3) is 0.583. The summed E-state index contributed by atoms with van der Waals surface area (Å²) in [6.07, 6.45) is 4.50. The number of halogens is 1. The van der Waals surface area contributed by atoms with Gasteiger partial charge in [0.25, 0.3) is 0 Å². The van der Waals surface area contributed by atoms with Gasteiger partial charge >= 0.3 is 13.7 Å². The number of amides is 3. The number of alkyl carbamates (subject to hydrolysis) is 1. The second kappa shape index (κ2) is 20.7. The number of benzene rings is 2. The molecule has 2 aromatic carbocycles. The van der Waals surface area contributed by atoms with Crippen molar-refractivity contribution in [3.63, 3.8) is 0 Å². The molecule has 1 fully saturated rings. The zero-order valence-corrected chi connectivity index (χ0v) is 30.8. The number of nitrogens with zero attached hydrogens (tertiary/aromatic N) is 1. The monoisotopic (exact) mass is 721 g/mol. The number of ether oxygens (including phenoxy) is 1. The van der Waals surface area contributed by atoms with Gasteiger partial charge in [-0.3, -0.25) is 14.2 Å². The average Bonchev–Trinajstić information content (AvgIpc) is 3.09. The van der Waals surface area contributed by atoms with Crippen molar-refractivity contribution in [2.45, 2.75) is 103 Å². The Bertz CT molecular complexity index is 1370. The maximum Gasteiger partial charge on any atom is 0.408 e. The summed E-state index contributed by atoms with van der Waals surface area (Å²) in [7, 11) is -2.42. The predicted molar refractivity (Wildman–Crippen MR) is 190 cm³/mol. The van der Waals surface area contributed by atoms with Crippen molar-refractivity contribution in [2.24, 2.45) is 5.92 Å². The van der Waals surface area contributed by atoms with Crippen molar-refractivity contribution in [1.82, 2.24) is 15.5 Å². The first kappa shape index (κ1) is 40.5. The van der Waals surface area contributed by atoms with Crippen LogP contribution in [0.5, 0.6) is 0 Å². The smallest absolute Gasteiger partial charge is 0.408 e. The molecule has 4 atom stereocenters. The van der Waals surface area contributed by atoms with E-state index in [1.165, 1.54) is 0 Å². The predicted octanol–water partition coefficient (Wildman–Crippen LogP) is 7.02. The molecule has 0 bridgehead atoms. The summed E-state index contributed by atoms with van der Waals surface area (Å²) in [5.41, 5.74) is 1.79. The van der Waals surface area contributed by atoms with Crippen molar-refractivity contribution in [3.8, 4) is 0 Å². The zero-order valence-electron chi connectivity index (χ0n) is 29.1. The minimum atomic E-state index is -4.12. The molecule has 0 aromatic heterocycles. The van der Waals surface area contributed by atoms with Gasteiger partial charge in [-0.1, -0.05) is 86.2 Å². The molecule has 13 heteroatoms. The summed E-state index contributed by atoms with van der Waals surface area (Å²) in [4.78, 5) is 41.9. The molecule has 49 heavy (non-hydrogen) atoms. The van der Waals surface area contributed by atoms with Gasteiger partial charge in [-0.15, -0.1) is 0 Å². The van der Waals surface area contributed by atoms with E-state index in [-0.39, 0.29) is 37.9 Å². The van der Waals surface area contributed by atoms with Crippen molar-refractivity contribution in [3.05, 3.63) is 70.7 Å². The van der Waals surface area contributed by atoms with E-state index in [0.717, 1.165) is 37.7 Å². The molecule has 0 aliphatic heterocycles. The first-order chi connectivity index (χ1) is 23.4. The molecule has 0 spiro atoms. The molecule has 1 aliphatic carbocycles. The van der Waals surface area contributed by atoms with Crippen LogP contribution in [0.15, 0.2) is 54.6 Å². The van der Waals surface area contributed by atoms with Crippen LogP contribution in [0.1, 0.15) is 89.4 Å². The van der Waals surface area contributed by atoms with Gasteiger partial charge in [0.2, 0.25) is 11.8 Å². The number of aliphatic hydroxyl groups excluding tert-OH is 1. The number of nitrogens with one attached hydrogen (secondary N) is 2. The number of likely N-dealkylation sites (N-methyl/N-ethyl adjacent to an activating group) is 1. The Kier molecular flexibility index (Phi) is 17.1. The van der Waals surface area contributed by atoms with Gasteiger partial charge in [-0.2, -0.15) is 0 Å². The third-order valence-electron chi connectivity index (χ3n) is 8.81. The molecule has 2 unspecified atom stereocenters. The number of aliphatic hydroxyl groups is 1. The SMILES string of the molecule is CCOP(=O)(OCC)C(O)[C@H](CCC(=O)N(C)CCc1ccccc1)NC(=O)[C@H](CC1CCCCC1)NC(=O)OC(C)c1cccc(Cl)c1. The summed E-state index contributed by atoms with van der Waals surface area (Å²) < 4.78 is 30.1. The van der Waals surface area contributed by atoms with Gasteiger partial charge in [0.05, 0.1) is 19.3 Å². The zero-order chi connectivity index (χ0) is 35.8. The minimum Gasteiger partial charge on any atom is -0.442 e. The Hall–Kier alpha value is -2.95. The topological polar surface area (TPSA) is 144 Å². The van der Waals surface area contributed by atoms with Crippen LogP contribution in [0.3, 0.4) is 0 Å². The first-order valence-corrected chi connectivity index (χ1v) is 19.3. The second-order valence-electron chi connectivity index (χ2n) is 12.5. The van der Waals surface area contributed by atoms with Crippen LogP contribution < -0.4 is 10.6 Å². The first-order valence-electron chi connectivity index (χ1n) is 17.3. The molecule has 0 radical (unpaired) electrons. The van der Waals surface area contributed by atoms with Gasteiger partial charge in [0.1, 0.15) is 12.1 Å². The average molecular weight is 722 g/mol. The van der Waals surface area contributed by atoms with Crippen molar-refractivity contribution in [1.29, 1.82) is 0 Å². The highest BCUT2D eigenvalue weighted by molar-refractivity contribution is 7.54. The maximum atomic E-state index is 14.0. The van der Waals surface area contributed by atoms with Crippen LogP contribution in [0.25, 0.3) is 0 Å². The number of hydrogen-bond acceptors (Lipinski definition) is 8. The lowest BCUT2D eigenvalue weighted by Gasteiger charge is -2.32. The highest BCUT2D eigenvalue weighted by Gasteiger charge is 2.42. The third kappa shape index (κ3) is 13.4. The lowest BCUT2D eigenvalue weighted by atomic mass is 9.84. The van der Waals surface area contributed by atoms with Gasteiger partial charge in [0.15, 0.2) is 5.85 Å². The number of hydrogen-bond donors (Lipinski definition) is 3. The molecule has 2 aromatic rings. The van der Waals surface area contributed by atoms with E-state index < -0.39 is 43.6 Å². The highest BCUT2D eigenvalue weighted by atomic mass is 35.5. The molecular weight excluding hydrogens is 669 g/mol. The Labute approximate surface area is 295 Å². The van der Waals surface area contributed by atoms with Crippen molar-refractivity contribution < 1.29 is 37.8 Å². The molecule has 272 valence electrons. The second-order valence-corrected chi connectivity index (χ2v) is 15.1.